The van der Waals surface area contributed by atoms with Gasteiger partial charge in [0.2, 0.25) is 3.79 Å². The Morgan fingerprint density at radius 2 is 1.59 bits per heavy atom. The van der Waals surface area contributed by atoms with E-state index in [1.807, 2.05) is 13.8 Å². The second kappa shape index (κ2) is 8.20. The van der Waals surface area contributed by atoms with Crippen LogP contribution < -0.4 is 0 Å². The Balaban J connectivity index is 0. The third-order valence-corrected chi connectivity index (χ3v) is 2.50. The van der Waals surface area contributed by atoms with Gasteiger partial charge in [-0.3, -0.25) is 4.79 Å². The maximum absolute atomic E-state index is 10.9. The van der Waals surface area contributed by atoms with Crippen molar-refractivity contribution in [1.82, 2.24) is 0 Å². The second-order valence-corrected chi connectivity index (χ2v) is 5.48. The van der Waals surface area contributed by atoms with E-state index in [0.29, 0.717) is 11.1 Å². The fourth-order valence-corrected chi connectivity index (χ4v) is 1.50. The van der Waals surface area contributed by atoms with Gasteiger partial charge in [0.05, 0.1) is 0 Å². The number of halogens is 4. The van der Waals surface area contributed by atoms with Gasteiger partial charge in [-0.15, -0.1) is 0 Å². The molecule has 1 aromatic rings. The predicted molar refractivity (Wildman–Crippen MR) is 78.7 cm³/mol. The zero-order chi connectivity index (χ0) is 12.9. The van der Waals surface area contributed by atoms with Gasteiger partial charge in [0, 0.05) is 11.1 Å². The molecule has 0 spiro atoms. The zero-order valence-electron chi connectivity index (χ0n) is 9.15. The quantitative estimate of drug-likeness (QED) is 0.468. The minimum Gasteiger partial charge on any atom is -0.276 e. The molecular formula is C12H16Cl4O. The molecule has 0 bridgehead atoms. The van der Waals surface area contributed by atoms with Gasteiger partial charge in [0.25, 0.3) is 5.24 Å². The van der Waals surface area contributed by atoms with Gasteiger partial charge in [-0.05, 0) is 36.2 Å². The van der Waals surface area contributed by atoms with E-state index in [4.69, 9.17) is 46.4 Å². The molecule has 0 radical (unpaired) electrons. The van der Waals surface area contributed by atoms with Crippen molar-refractivity contribution >= 4 is 51.6 Å². The van der Waals surface area contributed by atoms with Gasteiger partial charge in [0.15, 0.2) is 0 Å². The van der Waals surface area contributed by atoms with E-state index < -0.39 is 9.03 Å². The minimum absolute atomic E-state index is 0. The Hall–Kier alpha value is 0.0500. The summed E-state index contributed by atoms with van der Waals surface area (Å²) in [5.41, 5.74) is 1.58. The summed E-state index contributed by atoms with van der Waals surface area (Å²) in [7, 11) is 0. The minimum atomic E-state index is -1.53. The third kappa shape index (κ3) is 6.52. The summed E-state index contributed by atoms with van der Waals surface area (Å²) in [6.45, 7) is 5.79. The van der Waals surface area contributed by atoms with E-state index >= 15 is 0 Å². The maximum atomic E-state index is 10.9. The number of alkyl halides is 3. The summed E-state index contributed by atoms with van der Waals surface area (Å²) in [5.74, 6) is 0. The fraction of sp³-hybridized carbons (Fsp3) is 0.417. The number of carbonyl (C=O) groups excluding carboxylic acids is 1. The summed E-state index contributed by atoms with van der Waals surface area (Å²) in [5, 5.41) is -0.566. The van der Waals surface area contributed by atoms with Crippen LogP contribution in [0.3, 0.4) is 0 Å². The summed E-state index contributed by atoms with van der Waals surface area (Å²) in [4.78, 5) is 10.9. The monoisotopic (exact) mass is 316 g/mol. The van der Waals surface area contributed by atoms with Crippen LogP contribution in [0.1, 0.15) is 42.8 Å². The second-order valence-electron chi connectivity index (χ2n) is 2.86. The lowest BCUT2D eigenvalue weighted by atomic mass is 10.1. The molecule has 0 atom stereocenters. The molecule has 0 aliphatic rings. The van der Waals surface area contributed by atoms with Crippen LogP contribution in [0.5, 0.6) is 0 Å². The van der Waals surface area contributed by atoms with Gasteiger partial charge in [0.1, 0.15) is 0 Å². The third-order valence-electron chi connectivity index (χ3n) is 1.63. The van der Waals surface area contributed by atoms with Gasteiger partial charge < -0.3 is 0 Å². The summed E-state index contributed by atoms with van der Waals surface area (Å²) in [6, 6.07) is 4.79. The average Bonchev–Trinajstić information content (AvgIpc) is 2.18. The summed E-state index contributed by atoms with van der Waals surface area (Å²) >= 11 is 22.4. The highest BCUT2D eigenvalue weighted by Crippen LogP contribution is 2.38. The highest BCUT2D eigenvalue weighted by Gasteiger charge is 2.23. The molecule has 17 heavy (non-hydrogen) atoms. The molecule has 98 valence electrons. The van der Waals surface area contributed by atoms with Gasteiger partial charge >= 0.3 is 0 Å². The largest absolute Gasteiger partial charge is 0.276 e. The molecule has 0 N–H and O–H groups in total. The van der Waals surface area contributed by atoms with E-state index in [-0.39, 0.29) is 7.43 Å². The van der Waals surface area contributed by atoms with Crippen LogP contribution in [0.25, 0.3) is 0 Å². The normalized spacial score (nSPS) is 9.82. The standard InChI is InChI=1S/C9H6Cl4O.C2H6.CH4/c1-5-2-6(8(10)14)4-7(3-5)9(11,12)13;1-2;/h2-4H,1H3;1-2H3;1H4. The fourth-order valence-electron chi connectivity index (χ4n) is 1.06. The lowest BCUT2D eigenvalue weighted by Gasteiger charge is -2.12. The van der Waals surface area contributed by atoms with Crippen molar-refractivity contribution in [2.45, 2.75) is 32.0 Å². The molecule has 1 nitrogen and oxygen atoms in total. The Kier molecular flexibility index (Phi) is 9.36. The number of rotatable bonds is 1. The van der Waals surface area contributed by atoms with Gasteiger partial charge in [-0.25, -0.2) is 0 Å². The van der Waals surface area contributed by atoms with Gasteiger partial charge in [-0.2, -0.15) is 0 Å². The predicted octanol–water partition coefficient (Wildman–Crippen LogP) is 5.86. The van der Waals surface area contributed by atoms with Crippen molar-refractivity contribution in [2.75, 3.05) is 0 Å². The molecule has 1 rings (SSSR count). The van der Waals surface area contributed by atoms with Crippen LogP contribution in [0.2, 0.25) is 0 Å². The molecule has 0 aliphatic carbocycles. The van der Waals surface area contributed by atoms with E-state index in [1.54, 1.807) is 19.1 Å². The van der Waals surface area contributed by atoms with Crippen LogP contribution in [0.4, 0.5) is 0 Å². The summed E-state index contributed by atoms with van der Waals surface area (Å²) in [6.07, 6.45) is 0. The Labute approximate surface area is 123 Å². The van der Waals surface area contributed by atoms with E-state index in [1.165, 1.54) is 6.07 Å². The van der Waals surface area contributed by atoms with Crippen molar-refractivity contribution < 1.29 is 4.79 Å². The molecule has 0 aliphatic heterocycles. The first-order chi connectivity index (χ1) is 7.30. The molecular weight excluding hydrogens is 302 g/mol. The van der Waals surface area contributed by atoms with Crippen LogP contribution in [-0.2, 0) is 3.79 Å². The Morgan fingerprint density at radius 1 is 1.12 bits per heavy atom. The molecule has 1 aromatic carbocycles. The van der Waals surface area contributed by atoms with Crippen LogP contribution >= 0.6 is 46.4 Å². The number of aryl methyl sites for hydroxylation is 1. The smallest absolute Gasteiger partial charge is 0.252 e. The molecule has 0 saturated carbocycles. The molecule has 0 heterocycles. The molecule has 5 heteroatoms. The van der Waals surface area contributed by atoms with Crippen molar-refractivity contribution in [1.29, 1.82) is 0 Å². The highest BCUT2D eigenvalue weighted by molar-refractivity contribution is 6.68. The number of benzene rings is 1. The number of hydrogen-bond donors (Lipinski definition) is 0. The van der Waals surface area contributed by atoms with Crippen LogP contribution in [-0.4, -0.2) is 5.24 Å². The van der Waals surface area contributed by atoms with Crippen molar-refractivity contribution in [3.05, 3.63) is 34.9 Å². The molecule has 0 aromatic heterocycles. The van der Waals surface area contributed by atoms with E-state index in [9.17, 15) is 4.79 Å². The first kappa shape index (κ1) is 19.4. The Morgan fingerprint density at radius 3 is 1.94 bits per heavy atom. The van der Waals surface area contributed by atoms with Crippen LogP contribution in [0.15, 0.2) is 18.2 Å². The van der Waals surface area contributed by atoms with Crippen molar-refractivity contribution in [3.8, 4) is 0 Å². The molecule has 0 saturated heterocycles. The number of carbonyl (C=O) groups is 1. The lowest BCUT2D eigenvalue weighted by Crippen LogP contribution is -2.03. The SMILES string of the molecule is C.CC.Cc1cc(C(=O)Cl)cc(C(Cl)(Cl)Cl)c1. The maximum Gasteiger partial charge on any atom is 0.252 e. The molecule has 0 unspecified atom stereocenters. The van der Waals surface area contributed by atoms with Crippen molar-refractivity contribution in [2.24, 2.45) is 0 Å². The van der Waals surface area contributed by atoms with Crippen molar-refractivity contribution in [3.63, 3.8) is 0 Å². The highest BCUT2D eigenvalue weighted by atomic mass is 35.6. The van der Waals surface area contributed by atoms with Gasteiger partial charge in [-0.1, -0.05) is 62.1 Å². The Bertz CT molecular complexity index is 369. The lowest BCUT2D eigenvalue weighted by molar-refractivity contribution is 0.108. The topological polar surface area (TPSA) is 17.1 Å². The molecule has 0 amide bonds. The first-order valence-corrected chi connectivity index (χ1v) is 6.20. The molecule has 0 fully saturated rings. The summed E-state index contributed by atoms with van der Waals surface area (Å²) < 4.78 is -1.53. The average molecular weight is 318 g/mol. The zero-order valence-corrected chi connectivity index (χ0v) is 12.2. The van der Waals surface area contributed by atoms with E-state index in [2.05, 4.69) is 0 Å². The van der Waals surface area contributed by atoms with Crippen LogP contribution in [0, 0.1) is 6.92 Å². The first-order valence-electron chi connectivity index (χ1n) is 4.69. The number of hydrogen-bond acceptors (Lipinski definition) is 1. The van der Waals surface area contributed by atoms with E-state index in [0.717, 1.165) is 5.56 Å².